The predicted molar refractivity (Wildman–Crippen MR) is 93.7 cm³/mol. The van der Waals surface area contributed by atoms with Crippen molar-refractivity contribution in [3.63, 3.8) is 0 Å². The molecule has 0 radical (unpaired) electrons. The quantitative estimate of drug-likeness (QED) is 0.799. The van der Waals surface area contributed by atoms with Crippen molar-refractivity contribution in [1.29, 1.82) is 0 Å². The summed E-state index contributed by atoms with van der Waals surface area (Å²) in [4.78, 5) is 29.2. The van der Waals surface area contributed by atoms with Crippen molar-refractivity contribution in [2.24, 2.45) is 0 Å². The number of aliphatic hydroxyl groups is 1. The van der Waals surface area contributed by atoms with E-state index >= 15 is 0 Å². The number of aliphatic hydroxyl groups excluding tert-OH is 1. The first-order valence-electron chi connectivity index (χ1n) is 8.61. The molecule has 150 valence electrons. The lowest BCUT2D eigenvalue weighted by Gasteiger charge is -2.35. The Morgan fingerprint density at radius 3 is 2.07 bits per heavy atom. The second-order valence-corrected chi connectivity index (χ2v) is 8.32. The Morgan fingerprint density at radius 2 is 1.59 bits per heavy atom. The maximum atomic E-state index is 13.6. The number of amides is 2. The monoisotopic (exact) mass is 383 g/mol. The molecule has 0 bridgehead atoms. The molecule has 8 nitrogen and oxygen atoms in total. The van der Waals surface area contributed by atoms with Crippen molar-refractivity contribution in [3.8, 4) is 0 Å². The van der Waals surface area contributed by atoms with E-state index in [1.807, 2.05) is 0 Å². The fourth-order valence-electron chi connectivity index (χ4n) is 2.62. The Labute approximate surface area is 157 Å². The normalized spacial score (nSPS) is 20.6. The van der Waals surface area contributed by atoms with Crippen molar-refractivity contribution < 1.29 is 28.6 Å². The highest BCUT2D eigenvalue weighted by atomic mass is 19.1. The van der Waals surface area contributed by atoms with Crippen LogP contribution < -0.4 is 0 Å². The number of nitrogens with zero attached hydrogens (tertiary/aromatic N) is 3. The molecular formula is C18H26FN3O5. The van der Waals surface area contributed by atoms with E-state index in [1.165, 1.54) is 12.3 Å². The summed E-state index contributed by atoms with van der Waals surface area (Å²) >= 11 is 0. The molecule has 1 aromatic rings. The molecule has 1 aliphatic heterocycles. The van der Waals surface area contributed by atoms with Gasteiger partial charge < -0.3 is 14.6 Å². The van der Waals surface area contributed by atoms with Gasteiger partial charge in [-0.05, 0) is 53.2 Å². The molecule has 0 aromatic carbocycles. The second-order valence-electron chi connectivity index (χ2n) is 8.32. The summed E-state index contributed by atoms with van der Waals surface area (Å²) in [6.07, 6.45) is -0.759. The van der Waals surface area contributed by atoms with Gasteiger partial charge in [0.25, 0.3) is 0 Å². The Morgan fingerprint density at radius 1 is 1.07 bits per heavy atom. The molecule has 2 heterocycles. The van der Waals surface area contributed by atoms with Gasteiger partial charge in [0.1, 0.15) is 17.0 Å². The van der Waals surface area contributed by atoms with E-state index in [1.54, 1.807) is 41.5 Å². The fraction of sp³-hybridized carbons (Fsp3) is 0.611. The van der Waals surface area contributed by atoms with Crippen LogP contribution in [-0.4, -0.2) is 49.7 Å². The minimum Gasteiger partial charge on any atom is -0.442 e. The zero-order valence-corrected chi connectivity index (χ0v) is 16.4. The van der Waals surface area contributed by atoms with E-state index < -0.39 is 41.5 Å². The highest BCUT2D eigenvalue weighted by molar-refractivity contribution is 5.76. The van der Waals surface area contributed by atoms with Gasteiger partial charge in [-0.25, -0.2) is 19.0 Å². The van der Waals surface area contributed by atoms with Crippen molar-refractivity contribution in [3.05, 3.63) is 29.8 Å². The molecule has 9 heteroatoms. The van der Waals surface area contributed by atoms with Crippen LogP contribution in [-0.2, 0) is 9.47 Å². The minimum atomic E-state index is -1.35. The number of carbonyl (C=O) groups excluding carboxylic acids is 2. The summed E-state index contributed by atoms with van der Waals surface area (Å²) < 4.78 is 24.3. The molecular weight excluding hydrogens is 357 g/mol. The first kappa shape index (κ1) is 20.9. The Balaban J connectivity index is 2.42. The molecule has 1 aliphatic rings. The zero-order chi connectivity index (χ0) is 20.6. The van der Waals surface area contributed by atoms with E-state index in [2.05, 4.69) is 4.98 Å². The van der Waals surface area contributed by atoms with Gasteiger partial charge in [0.2, 0.25) is 0 Å². The summed E-state index contributed by atoms with van der Waals surface area (Å²) in [5.74, 6) is -0.596. The number of hydrogen-bond donors (Lipinski definition) is 1. The van der Waals surface area contributed by atoms with Gasteiger partial charge in [-0.2, -0.15) is 5.01 Å². The van der Waals surface area contributed by atoms with Crippen LogP contribution in [0.5, 0.6) is 0 Å². The highest BCUT2D eigenvalue weighted by Gasteiger charge is 2.48. The molecule has 2 rings (SSSR count). The Hall–Kier alpha value is -2.42. The third kappa shape index (κ3) is 5.29. The van der Waals surface area contributed by atoms with E-state index in [0.717, 1.165) is 16.2 Å². The lowest BCUT2D eigenvalue weighted by atomic mass is 10.1. The van der Waals surface area contributed by atoms with Crippen LogP contribution in [0.2, 0.25) is 0 Å². The molecule has 0 spiro atoms. The largest absolute Gasteiger partial charge is 0.442 e. The molecule has 2 unspecified atom stereocenters. The van der Waals surface area contributed by atoms with Crippen LogP contribution in [0.4, 0.5) is 14.0 Å². The van der Waals surface area contributed by atoms with Crippen LogP contribution in [0.15, 0.2) is 18.5 Å². The SMILES string of the molecule is CC(C)(C)OC(=O)N1C(O)CC(c2cncc(F)c2)N1C(=O)OC(C)(C)C. The van der Waals surface area contributed by atoms with Crippen LogP contribution >= 0.6 is 0 Å². The molecule has 27 heavy (non-hydrogen) atoms. The van der Waals surface area contributed by atoms with E-state index in [9.17, 15) is 19.1 Å². The lowest BCUT2D eigenvalue weighted by Crippen LogP contribution is -2.51. The number of aromatic nitrogens is 1. The molecule has 0 aliphatic carbocycles. The van der Waals surface area contributed by atoms with E-state index in [-0.39, 0.29) is 6.42 Å². The third-order valence-electron chi connectivity index (χ3n) is 3.52. The van der Waals surface area contributed by atoms with Gasteiger partial charge in [-0.15, -0.1) is 0 Å². The molecule has 2 amide bonds. The third-order valence-corrected chi connectivity index (χ3v) is 3.52. The smallest absolute Gasteiger partial charge is 0.431 e. The zero-order valence-electron chi connectivity index (χ0n) is 16.4. The van der Waals surface area contributed by atoms with Crippen molar-refractivity contribution >= 4 is 12.2 Å². The predicted octanol–water partition coefficient (Wildman–Crippen LogP) is 3.37. The van der Waals surface area contributed by atoms with Crippen molar-refractivity contribution in [2.75, 3.05) is 0 Å². The number of hydrogen-bond acceptors (Lipinski definition) is 6. The second kappa shape index (κ2) is 7.30. The topological polar surface area (TPSA) is 92.2 Å². The van der Waals surface area contributed by atoms with Crippen molar-refractivity contribution in [1.82, 2.24) is 15.0 Å². The first-order valence-corrected chi connectivity index (χ1v) is 8.61. The maximum Gasteiger partial charge on any atom is 0.431 e. The molecule has 0 saturated carbocycles. The number of ether oxygens (including phenoxy) is 2. The number of halogens is 1. The molecule has 1 saturated heterocycles. The van der Waals surface area contributed by atoms with Gasteiger partial charge in [0, 0.05) is 12.6 Å². The summed E-state index contributed by atoms with van der Waals surface area (Å²) in [7, 11) is 0. The molecule has 1 N–H and O–H groups in total. The Bertz CT molecular complexity index is 714. The van der Waals surface area contributed by atoms with Gasteiger partial charge >= 0.3 is 12.2 Å². The number of carbonyl (C=O) groups is 2. The van der Waals surface area contributed by atoms with Gasteiger partial charge in [0.05, 0.1) is 12.2 Å². The molecule has 1 aromatic heterocycles. The van der Waals surface area contributed by atoms with Crippen molar-refractivity contribution in [2.45, 2.75) is 71.4 Å². The van der Waals surface area contributed by atoms with E-state index in [0.29, 0.717) is 5.56 Å². The summed E-state index contributed by atoms with van der Waals surface area (Å²) in [5, 5.41) is 12.2. The van der Waals surface area contributed by atoms with Crippen LogP contribution in [0.25, 0.3) is 0 Å². The molecule has 2 atom stereocenters. The Kier molecular flexibility index (Phi) is 5.65. The van der Waals surface area contributed by atoms with Crippen LogP contribution in [0.3, 0.4) is 0 Å². The first-order chi connectivity index (χ1) is 12.3. The van der Waals surface area contributed by atoms with Gasteiger partial charge in [-0.1, -0.05) is 0 Å². The standard InChI is InChI=1S/C18H26FN3O5/c1-17(2,3)26-15(24)21-13(11-7-12(19)10-20-9-11)8-14(23)22(21)16(25)27-18(4,5)6/h7,9-10,13-14,23H,8H2,1-6H3. The van der Waals surface area contributed by atoms with Gasteiger partial charge in [-0.3, -0.25) is 4.98 Å². The van der Waals surface area contributed by atoms with Crippen LogP contribution in [0.1, 0.15) is 59.6 Å². The average Bonchev–Trinajstić information content (AvgIpc) is 2.81. The summed E-state index contributed by atoms with van der Waals surface area (Å²) in [6.45, 7) is 10.0. The molecule has 1 fully saturated rings. The average molecular weight is 383 g/mol. The highest BCUT2D eigenvalue weighted by Crippen LogP contribution is 2.37. The summed E-state index contributed by atoms with van der Waals surface area (Å²) in [6, 6.07) is 0.353. The fourth-order valence-corrected chi connectivity index (χ4v) is 2.62. The van der Waals surface area contributed by atoms with Crippen LogP contribution in [0, 0.1) is 5.82 Å². The number of hydrazine groups is 1. The minimum absolute atomic E-state index is 0.0381. The number of rotatable bonds is 1. The van der Waals surface area contributed by atoms with Gasteiger partial charge in [0.15, 0.2) is 6.23 Å². The number of pyridine rings is 1. The lowest BCUT2D eigenvalue weighted by molar-refractivity contribution is -0.0964. The summed E-state index contributed by atoms with van der Waals surface area (Å²) in [5.41, 5.74) is -1.35. The van der Waals surface area contributed by atoms with E-state index in [4.69, 9.17) is 9.47 Å². The maximum absolute atomic E-state index is 13.6.